The molecule has 1 aromatic carbocycles. The second kappa shape index (κ2) is 10.8. The fraction of sp³-hybridized carbons (Fsp3) is 0.565. The monoisotopic (exact) mass is 384 g/mol. The molecule has 0 radical (unpaired) electrons. The maximum absolute atomic E-state index is 12.6. The molecular weight excluding hydrogens is 352 g/mol. The van der Waals surface area contributed by atoms with E-state index in [1.54, 1.807) is 6.08 Å². The van der Waals surface area contributed by atoms with Crippen LogP contribution in [0.25, 0.3) is 6.08 Å². The average molecular weight is 385 g/mol. The van der Waals surface area contributed by atoms with Gasteiger partial charge in [0.2, 0.25) is 0 Å². The van der Waals surface area contributed by atoms with Crippen molar-refractivity contribution in [1.82, 2.24) is 5.32 Å². The number of ether oxygens (including phenoxy) is 2. The summed E-state index contributed by atoms with van der Waals surface area (Å²) in [6, 6.07) is 7.66. The van der Waals surface area contributed by atoms with Gasteiger partial charge in [-0.1, -0.05) is 39.7 Å². The molecule has 0 aliphatic heterocycles. The van der Waals surface area contributed by atoms with Crippen LogP contribution in [0.5, 0.6) is 11.5 Å². The van der Waals surface area contributed by atoms with E-state index in [2.05, 4.69) is 26.1 Å². The third kappa shape index (κ3) is 6.30. The Labute approximate surface area is 168 Å². The summed E-state index contributed by atoms with van der Waals surface area (Å²) in [6.07, 6.45) is 6.03. The predicted octanol–water partition coefficient (Wildman–Crippen LogP) is 4.72. The first-order valence-electron chi connectivity index (χ1n) is 10.3. The quantitative estimate of drug-likeness (QED) is 0.520. The zero-order chi connectivity index (χ0) is 20.5. The van der Waals surface area contributed by atoms with Crippen molar-refractivity contribution >= 4 is 12.0 Å². The Balaban J connectivity index is 2.16. The zero-order valence-electron chi connectivity index (χ0n) is 17.5. The van der Waals surface area contributed by atoms with E-state index < -0.39 is 0 Å². The van der Waals surface area contributed by atoms with Gasteiger partial charge in [-0.25, -0.2) is 0 Å². The number of nitrogens with one attached hydrogen (secondary N) is 1. The Bertz CT molecular complexity index is 734. The van der Waals surface area contributed by atoms with E-state index in [9.17, 15) is 10.1 Å². The second-order valence-corrected chi connectivity index (χ2v) is 7.86. The lowest BCUT2D eigenvalue weighted by molar-refractivity contribution is -0.118. The molecule has 0 saturated heterocycles. The smallest absolute Gasteiger partial charge is 0.262 e. The van der Waals surface area contributed by atoms with Crippen LogP contribution in [0.4, 0.5) is 0 Å². The minimum atomic E-state index is -0.306. The highest BCUT2D eigenvalue weighted by Gasteiger charge is 2.24. The minimum absolute atomic E-state index is 0.107. The molecule has 0 heterocycles. The lowest BCUT2D eigenvalue weighted by atomic mass is 9.86. The Kier molecular flexibility index (Phi) is 8.38. The summed E-state index contributed by atoms with van der Waals surface area (Å²) in [5, 5.41) is 12.5. The number of nitrogens with zero attached hydrogens (tertiary/aromatic N) is 1. The summed E-state index contributed by atoms with van der Waals surface area (Å²) in [5.41, 5.74) is 0.847. The van der Waals surface area contributed by atoms with Crippen molar-refractivity contribution in [2.45, 2.75) is 59.4 Å². The van der Waals surface area contributed by atoms with Crippen LogP contribution < -0.4 is 14.8 Å². The van der Waals surface area contributed by atoms with Gasteiger partial charge in [-0.2, -0.15) is 5.26 Å². The summed E-state index contributed by atoms with van der Waals surface area (Å²) in [6.45, 7) is 9.35. The lowest BCUT2D eigenvalue weighted by Crippen LogP contribution is -2.41. The van der Waals surface area contributed by atoms with Gasteiger partial charge in [0.25, 0.3) is 5.91 Å². The van der Waals surface area contributed by atoms with Gasteiger partial charge in [0.1, 0.15) is 11.6 Å². The van der Waals surface area contributed by atoms with Gasteiger partial charge in [-0.3, -0.25) is 4.79 Å². The molecule has 1 amide bonds. The first-order chi connectivity index (χ1) is 13.4. The fourth-order valence-electron chi connectivity index (χ4n) is 3.35. The summed E-state index contributed by atoms with van der Waals surface area (Å²) in [7, 11) is 0. The van der Waals surface area contributed by atoms with E-state index in [0.717, 1.165) is 24.8 Å². The fourth-order valence-corrected chi connectivity index (χ4v) is 3.35. The maximum atomic E-state index is 12.6. The molecule has 2 rings (SSSR count). The van der Waals surface area contributed by atoms with Crippen molar-refractivity contribution in [3.63, 3.8) is 0 Å². The van der Waals surface area contributed by atoms with Crippen LogP contribution in [0, 0.1) is 23.2 Å². The Hall–Kier alpha value is -2.48. The van der Waals surface area contributed by atoms with E-state index in [-0.39, 0.29) is 17.5 Å². The van der Waals surface area contributed by atoms with E-state index in [4.69, 9.17) is 9.47 Å². The molecule has 1 aliphatic carbocycles. The Morgan fingerprint density at radius 2 is 2.04 bits per heavy atom. The molecule has 5 heteroatoms. The molecule has 2 atom stereocenters. The topological polar surface area (TPSA) is 71.3 Å². The van der Waals surface area contributed by atoms with Gasteiger partial charge in [0.05, 0.1) is 13.2 Å². The molecule has 0 spiro atoms. The van der Waals surface area contributed by atoms with E-state index >= 15 is 0 Å². The number of nitriles is 1. The highest BCUT2D eigenvalue weighted by Crippen LogP contribution is 2.30. The van der Waals surface area contributed by atoms with Crippen molar-refractivity contribution < 1.29 is 14.3 Å². The first-order valence-corrected chi connectivity index (χ1v) is 10.3. The molecule has 5 nitrogen and oxygen atoms in total. The molecule has 1 N–H and O–H groups in total. The molecule has 0 unspecified atom stereocenters. The minimum Gasteiger partial charge on any atom is -0.490 e. The predicted molar refractivity (Wildman–Crippen MR) is 111 cm³/mol. The van der Waals surface area contributed by atoms with Crippen molar-refractivity contribution in [2.75, 3.05) is 13.2 Å². The van der Waals surface area contributed by atoms with Crippen LogP contribution >= 0.6 is 0 Å². The summed E-state index contributed by atoms with van der Waals surface area (Å²) >= 11 is 0. The molecule has 1 saturated carbocycles. The first kappa shape index (κ1) is 21.8. The number of benzene rings is 1. The number of carbonyl (C=O) groups excluding carboxylic acids is 1. The van der Waals surface area contributed by atoms with Gasteiger partial charge < -0.3 is 14.8 Å². The molecule has 0 bridgehead atoms. The number of hydrogen-bond donors (Lipinski definition) is 1. The van der Waals surface area contributed by atoms with E-state index in [0.29, 0.717) is 36.5 Å². The third-order valence-corrected chi connectivity index (χ3v) is 4.94. The van der Waals surface area contributed by atoms with E-state index in [1.165, 1.54) is 6.42 Å². The third-order valence-electron chi connectivity index (χ3n) is 4.94. The molecule has 1 aliphatic rings. The van der Waals surface area contributed by atoms with E-state index in [1.807, 2.05) is 31.2 Å². The molecule has 1 fully saturated rings. The SMILES string of the molecule is CCOc1cc(/C=C(\C#N)C(=O)N[C@H]2CCCC[C@@H]2C)ccc1OCC(C)C. The molecular formula is C23H32N2O3. The number of amides is 1. The summed E-state index contributed by atoms with van der Waals surface area (Å²) in [4.78, 5) is 12.6. The molecule has 28 heavy (non-hydrogen) atoms. The second-order valence-electron chi connectivity index (χ2n) is 7.86. The van der Waals surface area contributed by atoms with Crippen molar-refractivity contribution in [2.24, 2.45) is 11.8 Å². The Morgan fingerprint density at radius 1 is 1.29 bits per heavy atom. The van der Waals surface area contributed by atoms with Crippen LogP contribution in [0.3, 0.4) is 0 Å². The van der Waals surface area contributed by atoms with Crippen LogP contribution in [0.1, 0.15) is 58.9 Å². The maximum Gasteiger partial charge on any atom is 0.262 e. The lowest BCUT2D eigenvalue weighted by Gasteiger charge is -2.29. The largest absolute Gasteiger partial charge is 0.490 e. The number of hydrogen-bond acceptors (Lipinski definition) is 4. The van der Waals surface area contributed by atoms with Crippen LogP contribution in [-0.2, 0) is 4.79 Å². The van der Waals surface area contributed by atoms with Gasteiger partial charge in [-0.05, 0) is 55.4 Å². The van der Waals surface area contributed by atoms with Gasteiger partial charge >= 0.3 is 0 Å². The van der Waals surface area contributed by atoms with Gasteiger partial charge in [0, 0.05) is 6.04 Å². The van der Waals surface area contributed by atoms with Crippen molar-refractivity contribution in [1.29, 1.82) is 5.26 Å². The highest BCUT2D eigenvalue weighted by molar-refractivity contribution is 6.01. The average Bonchev–Trinajstić information content (AvgIpc) is 2.67. The zero-order valence-corrected chi connectivity index (χ0v) is 17.5. The van der Waals surface area contributed by atoms with Gasteiger partial charge in [0.15, 0.2) is 11.5 Å². The summed E-state index contributed by atoms with van der Waals surface area (Å²) in [5.74, 6) is 1.84. The standard InChI is InChI=1S/C23H32N2O3/c1-5-27-22-13-18(10-11-21(22)28-15-16(2)3)12-19(14-24)23(26)25-20-9-7-6-8-17(20)4/h10-13,16-17,20H,5-9,15H2,1-4H3,(H,25,26)/b19-12+/t17-,20-/m0/s1. The van der Waals surface area contributed by atoms with Crippen LogP contribution in [0.2, 0.25) is 0 Å². The normalized spacial score (nSPS) is 19.8. The number of rotatable bonds is 8. The number of carbonyl (C=O) groups is 1. The Morgan fingerprint density at radius 3 is 2.68 bits per heavy atom. The molecule has 152 valence electrons. The summed E-state index contributed by atoms with van der Waals surface area (Å²) < 4.78 is 11.5. The molecule has 0 aromatic heterocycles. The van der Waals surface area contributed by atoms with Crippen molar-refractivity contribution in [3.05, 3.63) is 29.3 Å². The van der Waals surface area contributed by atoms with Crippen molar-refractivity contribution in [3.8, 4) is 17.6 Å². The molecule has 1 aromatic rings. The van der Waals surface area contributed by atoms with Crippen LogP contribution in [-0.4, -0.2) is 25.2 Å². The highest BCUT2D eigenvalue weighted by atomic mass is 16.5. The van der Waals surface area contributed by atoms with Crippen LogP contribution in [0.15, 0.2) is 23.8 Å². The van der Waals surface area contributed by atoms with Gasteiger partial charge in [-0.15, -0.1) is 0 Å².